The normalized spacial score (nSPS) is 26.0. The van der Waals surface area contributed by atoms with E-state index in [1.54, 1.807) is 72.8 Å². The average molecular weight is 710 g/mol. The molecule has 1 heterocycles. The summed E-state index contributed by atoms with van der Waals surface area (Å²) in [6, 6.07) is 40.8. The van der Waals surface area contributed by atoms with E-state index >= 15 is 9.59 Å². The van der Waals surface area contributed by atoms with Crippen LogP contribution in [0.1, 0.15) is 51.4 Å². The van der Waals surface area contributed by atoms with Crippen molar-refractivity contribution in [2.75, 3.05) is 4.90 Å². The molecule has 264 valence electrons. The number of allylic oxidation sites excluding steroid dienone is 4. The number of hydrogen-bond donors (Lipinski definition) is 1. The third-order valence-corrected chi connectivity index (χ3v) is 12.0. The van der Waals surface area contributed by atoms with E-state index in [1.807, 2.05) is 72.8 Å². The maximum absolute atomic E-state index is 15.1. The molecule has 0 aromatic heterocycles. The van der Waals surface area contributed by atoms with Crippen molar-refractivity contribution in [3.05, 3.63) is 185 Å². The summed E-state index contributed by atoms with van der Waals surface area (Å²) in [6.07, 6.45) is 4.01. The van der Waals surface area contributed by atoms with E-state index in [1.165, 1.54) is 11.0 Å². The highest BCUT2D eigenvalue weighted by Crippen LogP contribution is 2.63. The highest BCUT2D eigenvalue weighted by atomic mass is 16.3. The zero-order valence-electron chi connectivity index (χ0n) is 29.2. The van der Waals surface area contributed by atoms with E-state index in [-0.39, 0.29) is 41.3 Å². The van der Waals surface area contributed by atoms with Gasteiger partial charge in [-0.3, -0.25) is 28.9 Å². The van der Waals surface area contributed by atoms with Crippen molar-refractivity contribution < 1.29 is 29.1 Å². The van der Waals surface area contributed by atoms with Crippen LogP contribution in [0.4, 0.5) is 5.69 Å². The Morgan fingerprint density at radius 2 is 1.28 bits per heavy atom. The number of fused-ring (bicyclic) bond motifs is 4. The second-order valence-electron chi connectivity index (χ2n) is 14.6. The molecular weight excluding hydrogens is 675 g/mol. The highest BCUT2D eigenvalue weighted by Gasteiger charge is 2.66. The summed E-state index contributed by atoms with van der Waals surface area (Å²) in [5, 5.41) is 10.3. The Bertz CT molecular complexity index is 2400. The maximum atomic E-state index is 15.1. The van der Waals surface area contributed by atoms with Crippen molar-refractivity contribution in [2.24, 2.45) is 23.7 Å². The summed E-state index contributed by atoms with van der Waals surface area (Å²) in [6.45, 7) is 0. The molecule has 0 spiro atoms. The lowest BCUT2D eigenvalue weighted by atomic mass is 9.44. The first-order valence-corrected chi connectivity index (χ1v) is 18.3. The minimum atomic E-state index is -1.34. The number of phenols is 1. The molecule has 0 radical (unpaired) electrons. The van der Waals surface area contributed by atoms with Crippen molar-refractivity contribution >= 4 is 40.4 Å². The summed E-state index contributed by atoms with van der Waals surface area (Å²) < 4.78 is 0. The van der Waals surface area contributed by atoms with Gasteiger partial charge in [0.05, 0.1) is 22.9 Å². The van der Waals surface area contributed by atoms with Gasteiger partial charge in [-0.25, -0.2) is 0 Å². The lowest BCUT2D eigenvalue weighted by molar-refractivity contribution is -0.135. The molecule has 54 heavy (non-hydrogen) atoms. The van der Waals surface area contributed by atoms with Crippen LogP contribution in [-0.4, -0.2) is 34.3 Å². The molecule has 4 aliphatic rings. The number of Topliss-reactive ketones (excluding diaryl/α,β-unsaturated/α-hetero) is 1. The van der Waals surface area contributed by atoms with Gasteiger partial charge in [0.2, 0.25) is 11.8 Å². The second-order valence-corrected chi connectivity index (χ2v) is 14.6. The van der Waals surface area contributed by atoms with Gasteiger partial charge in [0.15, 0.2) is 17.3 Å². The maximum Gasteiger partial charge on any atom is 0.238 e. The number of phenolic OH excluding ortho intramolecular Hbond substituents is 1. The van der Waals surface area contributed by atoms with Gasteiger partial charge in [0.1, 0.15) is 5.75 Å². The summed E-state index contributed by atoms with van der Waals surface area (Å²) in [5.41, 5.74) is 3.30. The molecule has 1 N–H and O–H groups in total. The van der Waals surface area contributed by atoms with E-state index in [0.29, 0.717) is 39.9 Å². The van der Waals surface area contributed by atoms with Crippen molar-refractivity contribution in [1.82, 2.24) is 0 Å². The fourth-order valence-electron chi connectivity index (χ4n) is 9.69. The van der Waals surface area contributed by atoms with Crippen LogP contribution in [0, 0.1) is 23.7 Å². The number of amides is 2. The molecule has 0 bridgehead atoms. The van der Waals surface area contributed by atoms with Gasteiger partial charge in [-0.1, -0.05) is 115 Å². The first kappa shape index (κ1) is 33.4. The zero-order valence-corrected chi connectivity index (χ0v) is 29.2. The van der Waals surface area contributed by atoms with E-state index in [2.05, 4.69) is 0 Å². The molecule has 5 aromatic carbocycles. The van der Waals surface area contributed by atoms with Gasteiger partial charge < -0.3 is 5.11 Å². The average Bonchev–Trinajstić information content (AvgIpc) is 3.48. The van der Waals surface area contributed by atoms with Crippen LogP contribution in [0.15, 0.2) is 157 Å². The van der Waals surface area contributed by atoms with E-state index in [4.69, 9.17) is 0 Å². The molecule has 2 amide bonds. The molecule has 2 fully saturated rings. The number of carbonyl (C=O) groups is 5. The Hall–Kier alpha value is -6.47. The van der Waals surface area contributed by atoms with Gasteiger partial charge in [-0.15, -0.1) is 0 Å². The summed E-state index contributed by atoms with van der Waals surface area (Å²) in [5.74, 6) is -4.59. The van der Waals surface area contributed by atoms with Crippen LogP contribution in [0.25, 0.3) is 5.57 Å². The van der Waals surface area contributed by atoms with Crippen LogP contribution in [-0.2, 0) is 24.6 Å². The molecular formula is C47H35NO6. The number of benzene rings is 5. The molecule has 1 saturated carbocycles. The molecule has 5 aromatic rings. The van der Waals surface area contributed by atoms with Crippen LogP contribution in [0.2, 0.25) is 0 Å². The minimum Gasteiger partial charge on any atom is -0.508 e. The van der Waals surface area contributed by atoms with Gasteiger partial charge in [0.25, 0.3) is 0 Å². The fraction of sp³-hybridized carbons (Fsp3) is 0.170. The Morgan fingerprint density at radius 3 is 1.94 bits per heavy atom. The Labute approximate surface area is 312 Å². The predicted octanol–water partition coefficient (Wildman–Crippen LogP) is 7.65. The molecule has 3 aliphatic carbocycles. The molecule has 6 unspecified atom stereocenters. The van der Waals surface area contributed by atoms with Crippen molar-refractivity contribution in [3.63, 3.8) is 0 Å². The number of anilines is 1. The molecule has 7 heteroatoms. The van der Waals surface area contributed by atoms with E-state index in [9.17, 15) is 19.5 Å². The number of aromatic hydroxyl groups is 1. The van der Waals surface area contributed by atoms with Gasteiger partial charge in [-0.2, -0.15) is 0 Å². The summed E-state index contributed by atoms with van der Waals surface area (Å²) in [4.78, 5) is 73.4. The van der Waals surface area contributed by atoms with Gasteiger partial charge >= 0.3 is 0 Å². The molecule has 1 aliphatic heterocycles. The van der Waals surface area contributed by atoms with Crippen LogP contribution in [0.3, 0.4) is 0 Å². The molecule has 1 saturated heterocycles. The Morgan fingerprint density at radius 1 is 0.667 bits per heavy atom. The number of rotatable bonds is 6. The third-order valence-electron chi connectivity index (χ3n) is 12.0. The monoisotopic (exact) mass is 709 g/mol. The van der Waals surface area contributed by atoms with E-state index in [0.717, 1.165) is 11.1 Å². The number of hydrogen-bond acceptors (Lipinski definition) is 6. The quantitative estimate of drug-likeness (QED) is 0.110. The molecule has 9 rings (SSSR count). The SMILES string of the molecule is O=C(c1ccccc1)c1ccc(N2C(=O)C3CC=C4C(CC5C(=O)C(c6ccccc6)=CC(=O)C5(c5ccccc5)C4c4ccc(O)cc4)C3C2=O)cc1. The number of carbonyl (C=O) groups excluding carboxylic acids is 5. The molecule has 6 atom stereocenters. The largest absolute Gasteiger partial charge is 0.508 e. The lowest BCUT2D eigenvalue weighted by Crippen LogP contribution is -2.58. The van der Waals surface area contributed by atoms with Crippen molar-refractivity contribution in [1.29, 1.82) is 0 Å². The smallest absolute Gasteiger partial charge is 0.238 e. The first-order valence-electron chi connectivity index (χ1n) is 18.3. The van der Waals surface area contributed by atoms with Gasteiger partial charge in [-0.05, 0) is 77.9 Å². The first-order chi connectivity index (χ1) is 26.3. The topological polar surface area (TPSA) is 109 Å². The Kier molecular flexibility index (Phi) is 7.96. The van der Waals surface area contributed by atoms with Crippen LogP contribution < -0.4 is 4.90 Å². The van der Waals surface area contributed by atoms with E-state index < -0.39 is 35.0 Å². The number of nitrogens with zero attached hydrogens (tertiary/aromatic N) is 1. The third kappa shape index (κ3) is 4.99. The van der Waals surface area contributed by atoms with Crippen molar-refractivity contribution in [3.8, 4) is 5.75 Å². The van der Waals surface area contributed by atoms with Crippen LogP contribution >= 0.6 is 0 Å². The standard InChI is InChI=1S/C47H35NO6/c49-34-22-18-29(19-23-34)42-35-24-25-36-41(46(54)48(45(36)53)33-20-16-31(17-21-33)43(51)30-12-6-2-7-13-30)38(35)26-39-44(52)37(28-10-4-1-5-11-28)27-40(50)47(39,42)32-14-8-3-9-15-32/h1-24,27,36,38-39,41-42,49H,25-26H2. The summed E-state index contributed by atoms with van der Waals surface area (Å²) >= 11 is 0. The van der Waals surface area contributed by atoms with Crippen LogP contribution in [0.5, 0.6) is 5.75 Å². The zero-order chi connectivity index (χ0) is 37.1. The summed E-state index contributed by atoms with van der Waals surface area (Å²) in [7, 11) is 0. The minimum absolute atomic E-state index is 0.0649. The fourth-order valence-corrected chi connectivity index (χ4v) is 9.69. The highest BCUT2D eigenvalue weighted by molar-refractivity contribution is 6.32. The second kappa shape index (κ2) is 12.9. The number of imide groups is 1. The molecule has 7 nitrogen and oxygen atoms in total. The van der Waals surface area contributed by atoms with Crippen molar-refractivity contribution in [2.45, 2.75) is 24.2 Å². The lowest BCUT2D eigenvalue weighted by Gasteiger charge is -2.55. The van der Waals surface area contributed by atoms with Gasteiger partial charge in [0, 0.05) is 28.5 Å². The Balaban J connectivity index is 1.16. The number of ketones is 3. The predicted molar refractivity (Wildman–Crippen MR) is 203 cm³/mol.